The summed E-state index contributed by atoms with van der Waals surface area (Å²) in [5.74, 6) is -0.205. The molecule has 0 aliphatic rings. The maximum Gasteiger partial charge on any atom is 0.267 e. The van der Waals surface area contributed by atoms with Crippen LogP contribution in [0.3, 0.4) is 0 Å². The monoisotopic (exact) mass is 265 g/mol. The first kappa shape index (κ1) is 15.4. The summed E-state index contributed by atoms with van der Waals surface area (Å²) < 4.78 is 0. The first-order valence-corrected chi connectivity index (χ1v) is 6.78. The van der Waals surface area contributed by atoms with Crippen molar-refractivity contribution in [3.63, 3.8) is 0 Å². The van der Waals surface area contributed by atoms with Gasteiger partial charge in [0.25, 0.3) is 5.91 Å². The predicted molar refractivity (Wildman–Crippen MR) is 75.5 cm³/mol. The number of nitrogens with zero attached hydrogens (tertiary/aromatic N) is 1. The van der Waals surface area contributed by atoms with Crippen LogP contribution in [-0.2, 0) is 0 Å². The molecule has 0 bridgehead atoms. The van der Waals surface area contributed by atoms with Crippen LogP contribution in [0.4, 0.5) is 0 Å². The molecule has 1 aromatic heterocycles. The van der Waals surface area contributed by atoms with Crippen molar-refractivity contribution in [2.75, 3.05) is 26.2 Å². The van der Waals surface area contributed by atoms with E-state index in [1.165, 1.54) is 6.92 Å². The number of carbonyl (C=O) groups excluding carboxylic acids is 2. The SMILES string of the molecule is CCN(CC)CCCNC(=O)c1cc(C(C)=O)c[nH]1. The van der Waals surface area contributed by atoms with Gasteiger partial charge in [-0.3, -0.25) is 9.59 Å². The number of hydrogen-bond acceptors (Lipinski definition) is 3. The van der Waals surface area contributed by atoms with Crippen LogP contribution < -0.4 is 5.32 Å². The molecular weight excluding hydrogens is 242 g/mol. The standard InChI is InChI=1S/C14H23N3O2/c1-4-17(5-2)8-6-7-15-14(19)13-9-12(10-16-13)11(3)18/h9-10,16H,4-8H2,1-3H3,(H,15,19). The molecule has 106 valence electrons. The van der Waals surface area contributed by atoms with E-state index in [9.17, 15) is 9.59 Å². The van der Waals surface area contributed by atoms with Gasteiger partial charge in [-0.05, 0) is 39.0 Å². The number of H-pyrrole nitrogens is 1. The number of rotatable bonds is 8. The minimum atomic E-state index is -0.160. The lowest BCUT2D eigenvalue weighted by molar-refractivity contribution is 0.0947. The Morgan fingerprint density at radius 2 is 2.00 bits per heavy atom. The molecule has 1 rings (SSSR count). The molecule has 1 amide bonds. The van der Waals surface area contributed by atoms with Crippen molar-refractivity contribution < 1.29 is 9.59 Å². The molecule has 0 spiro atoms. The number of amides is 1. The van der Waals surface area contributed by atoms with Crippen LogP contribution in [0.25, 0.3) is 0 Å². The number of carbonyl (C=O) groups is 2. The highest BCUT2D eigenvalue weighted by molar-refractivity contribution is 5.99. The molecule has 2 N–H and O–H groups in total. The Hall–Kier alpha value is -1.62. The van der Waals surface area contributed by atoms with Gasteiger partial charge in [0.2, 0.25) is 0 Å². The van der Waals surface area contributed by atoms with Crippen LogP contribution in [0.5, 0.6) is 0 Å². The van der Waals surface area contributed by atoms with Gasteiger partial charge >= 0.3 is 0 Å². The van der Waals surface area contributed by atoms with Crippen LogP contribution in [0.2, 0.25) is 0 Å². The van der Waals surface area contributed by atoms with Gasteiger partial charge in [0.05, 0.1) is 0 Å². The van der Waals surface area contributed by atoms with Crippen molar-refractivity contribution in [1.82, 2.24) is 15.2 Å². The van der Waals surface area contributed by atoms with Crippen molar-refractivity contribution in [3.8, 4) is 0 Å². The number of ketones is 1. The fourth-order valence-electron chi connectivity index (χ4n) is 1.87. The van der Waals surface area contributed by atoms with Crippen LogP contribution in [-0.4, -0.2) is 47.8 Å². The molecule has 0 fully saturated rings. The Balaban J connectivity index is 2.33. The van der Waals surface area contributed by atoms with Crippen molar-refractivity contribution in [1.29, 1.82) is 0 Å². The fourth-order valence-corrected chi connectivity index (χ4v) is 1.87. The lowest BCUT2D eigenvalue weighted by Gasteiger charge is -2.17. The van der Waals surface area contributed by atoms with E-state index in [0.717, 1.165) is 26.1 Å². The second-order valence-corrected chi connectivity index (χ2v) is 4.49. The quantitative estimate of drug-likeness (QED) is 0.555. The van der Waals surface area contributed by atoms with Gasteiger partial charge in [-0.25, -0.2) is 0 Å². The molecule has 0 aliphatic heterocycles. The van der Waals surface area contributed by atoms with Crippen molar-refractivity contribution in [3.05, 3.63) is 23.5 Å². The number of Topliss-reactive ketones (excluding diaryl/α,β-unsaturated/α-hetero) is 1. The summed E-state index contributed by atoms with van der Waals surface area (Å²) in [5, 5.41) is 2.85. The van der Waals surface area contributed by atoms with E-state index in [1.807, 2.05) is 0 Å². The number of nitrogens with one attached hydrogen (secondary N) is 2. The first-order chi connectivity index (χ1) is 9.08. The Morgan fingerprint density at radius 1 is 1.32 bits per heavy atom. The van der Waals surface area contributed by atoms with Gasteiger partial charge in [-0.15, -0.1) is 0 Å². The molecule has 0 aliphatic carbocycles. The van der Waals surface area contributed by atoms with Gasteiger partial charge in [-0.1, -0.05) is 13.8 Å². The fraction of sp³-hybridized carbons (Fsp3) is 0.571. The van der Waals surface area contributed by atoms with Crippen LogP contribution >= 0.6 is 0 Å². The predicted octanol–water partition coefficient (Wildman–Crippen LogP) is 1.68. The third kappa shape index (κ3) is 4.87. The topological polar surface area (TPSA) is 65.2 Å². The second kappa shape index (κ2) is 7.74. The number of aromatic nitrogens is 1. The molecular formula is C14H23N3O2. The lowest BCUT2D eigenvalue weighted by Crippen LogP contribution is -2.30. The van der Waals surface area contributed by atoms with E-state index in [1.54, 1.807) is 12.3 Å². The summed E-state index contributed by atoms with van der Waals surface area (Å²) in [6, 6.07) is 1.59. The highest BCUT2D eigenvalue weighted by atomic mass is 16.2. The molecule has 19 heavy (non-hydrogen) atoms. The third-order valence-corrected chi connectivity index (χ3v) is 3.17. The molecule has 0 radical (unpaired) electrons. The van der Waals surface area contributed by atoms with E-state index >= 15 is 0 Å². The lowest BCUT2D eigenvalue weighted by atomic mass is 10.2. The summed E-state index contributed by atoms with van der Waals surface area (Å²) in [4.78, 5) is 28.1. The average molecular weight is 265 g/mol. The highest BCUT2D eigenvalue weighted by Gasteiger charge is 2.10. The summed E-state index contributed by atoms with van der Waals surface area (Å²) in [6.45, 7) is 9.43. The van der Waals surface area contributed by atoms with E-state index in [4.69, 9.17) is 0 Å². The smallest absolute Gasteiger partial charge is 0.267 e. The number of aromatic amines is 1. The molecule has 1 heterocycles. The van der Waals surface area contributed by atoms with Gasteiger partial charge in [0.15, 0.2) is 5.78 Å². The Morgan fingerprint density at radius 3 is 2.53 bits per heavy atom. The minimum absolute atomic E-state index is 0.0446. The Kier molecular flexibility index (Phi) is 6.29. The molecule has 0 unspecified atom stereocenters. The van der Waals surface area contributed by atoms with Crippen molar-refractivity contribution >= 4 is 11.7 Å². The zero-order valence-electron chi connectivity index (χ0n) is 12.0. The Bertz CT molecular complexity index is 422. The molecule has 0 aromatic carbocycles. The maximum atomic E-state index is 11.8. The maximum absolute atomic E-state index is 11.8. The van der Waals surface area contributed by atoms with Crippen LogP contribution in [0, 0.1) is 0 Å². The highest BCUT2D eigenvalue weighted by Crippen LogP contribution is 2.04. The molecule has 5 heteroatoms. The molecule has 5 nitrogen and oxygen atoms in total. The second-order valence-electron chi connectivity index (χ2n) is 4.49. The first-order valence-electron chi connectivity index (χ1n) is 6.78. The third-order valence-electron chi connectivity index (χ3n) is 3.17. The molecule has 0 saturated heterocycles. The number of hydrogen-bond donors (Lipinski definition) is 2. The zero-order valence-corrected chi connectivity index (χ0v) is 12.0. The van der Waals surface area contributed by atoms with E-state index < -0.39 is 0 Å². The van der Waals surface area contributed by atoms with Crippen molar-refractivity contribution in [2.45, 2.75) is 27.2 Å². The average Bonchev–Trinajstić information content (AvgIpc) is 2.88. The van der Waals surface area contributed by atoms with Gasteiger partial charge in [0.1, 0.15) is 5.69 Å². The Labute approximate surface area is 114 Å². The van der Waals surface area contributed by atoms with E-state index in [0.29, 0.717) is 17.8 Å². The normalized spacial score (nSPS) is 10.7. The van der Waals surface area contributed by atoms with Gasteiger partial charge in [0, 0.05) is 18.3 Å². The molecule has 0 saturated carbocycles. The molecule has 0 atom stereocenters. The summed E-state index contributed by atoms with van der Waals surface area (Å²) in [5.41, 5.74) is 0.973. The molecule has 1 aromatic rings. The summed E-state index contributed by atoms with van der Waals surface area (Å²) >= 11 is 0. The summed E-state index contributed by atoms with van der Waals surface area (Å²) in [6.07, 6.45) is 2.49. The van der Waals surface area contributed by atoms with Gasteiger partial charge < -0.3 is 15.2 Å². The van der Waals surface area contributed by atoms with Crippen LogP contribution in [0.15, 0.2) is 12.3 Å². The van der Waals surface area contributed by atoms with E-state index in [2.05, 4.69) is 29.0 Å². The largest absolute Gasteiger partial charge is 0.356 e. The van der Waals surface area contributed by atoms with E-state index in [-0.39, 0.29) is 11.7 Å². The summed E-state index contributed by atoms with van der Waals surface area (Å²) in [7, 11) is 0. The van der Waals surface area contributed by atoms with Crippen molar-refractivity contribution in [2.24, 2.45) is 0 Å². The zero-order chi connectivity index (χ0) is 14.3. The minimum Gasteiger partial charge on any atom is -0.356 e. The van der Waals surface area contributed by atoms with Gasteiger partial charge in [-0.2, -0.15) is 0 Å². The van der Waals surface area contributed by atoms with Crippen LogP contribution in [0.1, 0.15) is 48.0 Å².